The number of imidazole rings is 2. The van der Waals surface area contributed by atoms with E-state index in [0.29, 0.717) is 85.7 Å². The first-order valence-electron chi connectivity index (χ1n) is 20.8. The average molecular weight is 862 g/mol. The number of halogens is 2. The summed E-state index contributed by atoms with van der Waals surface area (Å²) >= 11 is 13.5. The lowest BCUT2D eigenvalue weighted by Crippen LogP contribution is -2.53. The lowest BCUT2D eigenvalue weighted by Gasteiger charge is -2.34. The van der Waals surface area contributed by atoms with Crippen LogP contribution in [0.5, 0.6) is 0 Å². The van der Waals surface area contributed by atoms with E-state index in [1.807, 2.05) is 48.5 Å². The molecule has 6 atom stereocenters. The van der Waals surface area contributed by atoms with Crippen molar-refractivity contribution in [3.63, 3.8) is 0 Å². The number of alkyl carbamates (subject to hydrolysis) is 1. The van der Waals surface area contributed by atoms with Crippen molar-refractivity contribution in [2.24, 2.45) is 11.8 Å². The van der Waals surface area contributed by atoms with E-state index in [-0.39, 0.29) is 35.7 Å². The summed E-state index contributed by atoms with van der Waals surface area (Å²) in [5.74, 6) is 0.664. The molecule has 4 aliphatic rings. The van der Waals surface area contributed by atoms with Gasteiger partial charge in [0, 0.05) is 49.3 Å². The van der Waals surface area contributed by atoms with Crippen LogP contribution in [-0.4, -0.2) is 113 Å². The fourth-order valence-corrected chi connectivity index (χ4v) is 9.67. The van der Waals surface area contributed by atoms with Gasteiger partial charge >= 0.3 is 6.09 Å². The molecule has 17 heteroatoms. The third kappa shape index (κ3) is 8.76. The smallest absolute Gasteiger partial charge is 0.407 e. The van der Waals surface area contributed by atoms with E-state index in [0.717, 1.165) is 67.2 Å². The Hall–Kier alpha value is -4.96. The summed E-state index contributed by atoms with van der Waals surface area (Å²) in [6, 6.07) is 13.9. The molecule has 4 aromatic rings. The van der Waals surface area contributed by atoms with E-state index in [9.17, 15) is 19.2 Å². The van der Waals surface area contributed by atoms with Crippen LogP contribution in [0, 0.1) is 11.8 Å². The number of rotatable bonds is 12. The number of nitrogens with zero attached hydrogens (tertiary/aromatic N) is 4. The van der Waals surface area contributed by atoms with Crippen LogP contribution < -0.4 is 10.6 Å². The SMILES string of the molecule is COC(=O)NC(C(=O)N1CCCC1c1nc(-c2ccc(-c3ccc(-c4nc(C5CCCN5C(=O)C(NC=O)C5CCCOC5)[nH]c4Cl)cc3)cc2)c(Cl)[nH]1)C1CCCOC1. The normalized spacial score (nSPS) is 22.9. The summed E-state index contributed by atoms with van der Waals surface area (Å²) in [6.45, 7) is 3.23. The van der Waals surface area contributed by atoms with Gasteiger partial charge in [-0.25, -0.2) is 14.8 Å². The molecule has 0 saturated carbocycles. The zero-order chi connectivity index (χ0) is 41.8. The first kappa shape index (κ1) is 41.8. The van der Waals surface area contributed by atoms with Crippen LogP contribution in [-0.2, 0) is 28.6 Å². The molecule has 0 aliphatic carbocycles. The lowest BCUT2D eigenvalue weighted by atomic mass is 9.92. The van der Waals surface area contributed by atoms with Gasteiger partial charge in [0.15, 0.2) is 0 Å². The van der Waals surface area contributed by atoms with Gasteiger partial charge < -0.3 is 44.6 Å². The van der Waals surface area contributed by atoms with Crippen molar-refractivity contribution >= 4 is 47.5 Å². The van der Waals surface area contributed by atoms with Gasteiger partial charge in [-0.2, -0.15) is 0 Å². The molecular formula is C43H50Cl2N8O7. The van der Waals surface area contributed by atoms with Crippen molar-refractivity contribution in [2.45, 2.75) is 75.5 Å². The predicted molar refractivity (Wildman–Crippen MR) is 224 cm³/mol. The maximum Gasteiger partial charge on any atom is 0.407 e. The molecule has 0 spiro atoms. The summed E-state index contributed by atoms with van der Waals surface area (Å²) in [5.41, 5.74) is 4.80. The molecule has 60 heavy (non-hydrogen) atoms. The summed E-state index contributed by atoms with van der Waals surface area (Å²) in [7, 11) is 1.29. The minimum absolute atomic E-state index is 0.0774. The van der Waals surface area contributed by atoms with Gasteiger partial charge in [-0.05, 0) is 62.5 Å². The number of hydrogen-bond donors (Lipinski definition) is 4. The second-order valence-electron chi connectivity index (χ2n) is 15.9. The number of carbonyl (C=O) groups excluding carboxylic acids is 4. The monoisotopic (exact) mass is 860 g/mol. The van der Waals surface area contributed by atoms with Gasteiger partial charge in [-0.3, -0.25) is 14.4 Å². The predicted octanol–water partition coefficient (Wildman–Crippen LogP) is 6.46. The van der Waals surface area contributed by atoms with E-state index in [1.54, 1.807) is 9.80 Å². The van der Waals surface area contributed by atoms with E-state index >= 15 is 0 Å². The number of ether oxygens (including phenoxy) is 3. The minimum atomic E-state index is -0.771. The van der Waals surface area contributed by atoms with Gasteiger partial charge in [0.1, 0.15) is 45.4 Å². The van der Waals surface area contributed by atoms with Crippen LogP contribution >= 0.6 is 23.2 Å². The molecule has 0 bridgehead atoms. The summed E-state index contributed by atoms with van der Waals surface area (Å²) in [5, 5.41) is 6.30. The maximum absolute atomic E-state index is 14.0. The number of likely N-dealkylation sites (tertiary alicyclic amines) is 2. The van der Waals surface area contributed by atoms with E-state index in [1.165, 1.54) is 7.11 Å². The molecule has 318 valence electrons. The zero-order valence-electron chi connectivity index (χ0n) is 33.5. The Morgan fingerprint density at radius 1 is 0.717 bits per heavy atom. The molecule has 4 amide bonds. The van der Waals surface area contributed by atoms with Crippen LogP contribution in [0.4, 0.5) is 4.79 Å². The molecule has 6 heterocycles. The maximum atomic E-state index is 14.0. The van der Waals surface area contributed by atoms with Crippen molar-refractivity contribution in [1.29, 1.82) is 0 Å². The standard InChI is InChI=1S/C43H50Cl2N8O7/c1-58-43(57)49-36(30-7-5-21-60-23-30)42(56)53-19-3-9-32(53)40-48-34(38(45)51-40)28-16-12-26(13-17-28)25-10-14-27(15-11-25)33-37(44)50-39(47-33)31-8-2-18-52(31)41(55)35(46-24-54)29-6-4-20-59-22-29/h10-17,24,29-32,35-36H,2-9,18-23H2,1H3,(H,46,54)(H,47,50)(H,48,51)(H,49,57). The van der Waals surface area contributed by atoms with Crippen LogP contribution in [0.1, 0.15) is 75.1 Å². The van der Waals surface area contributed by atoms with Crippen LogP contribution in [0.3, 0.4) is 0 Å². The van der Waals surface area contributed by atoms with E-state index < -0.39 is 18.2 Å². The lowest BCUT2D eigenvalue weighted by molar-refractivity contribution is -0.139. The first-order valence-corrected chi connectivity index (χ1v) is 21.5. The Labute approximate surface area is 358 Å². The van der Waals surface area contributed by atoms with Gasteiger partial charge in [-0.1, -0.05) is 71.7 Å². The highest BCUT2D eigenvalue weighted by molar-refractivity contribution is 6.32. The van der Waals surface area contributed by atoms with Gasteiger partial charge in [-0.15, -0.1) is 0 Å². The van der Waals surface area contributed by atoms with Crippen LogP contribution in [0.2, 0.25) is 10.3 Å². The fraction of sp³-hybridized carbons (Fsp3) is 0.488. The highest BCUT2D eigenvalue weighted by Gasteiger charge is 2.41. The van der Waals surface area contributed by atoms with Gasteiger partial charge in [0.2, 0.25) is 18.2 Å². The molecule has 4 saturated heterocycles. The van der Waals surface area contributed by atoms with Crippen molar-refractivity contribution < 1.29 is 33.4 Å². The highest BCUT2D eigenvalue weighted by atomic mass is 35.5. The second-order valence-corrected chi connectivity index (χ2v) is 16.7. The number of aromatic nitrogens is 4. The number of amides is 4. The second kappa shape index (κ2) is 18.8. The number of methoxy groups -OCH3 is 1. The summed E-state index contributed by atoms with van der Waals surface area (Å²) in [6.07, 6.45) is 6.23. The molecule has 0 radical (unpaired) electrons. The number of hydrogen-bond acceptors (Lipinski definition) is 9. The summed E-state index contributed by atoms with van der Waals surface area (Å²) in [4.78, 5) is 71.4. The number of benzene rings is 2. The van der Waals surface area contributed by atoms with E-state index in [4.69, 9.17) is 47.4 Å². The highest BCUT2D eigenvalue weighted by Crippen LogP contribution is 2.38. The minimum Gasteiger partial charge on any atom is -0.453 e. The van der Waals surface area contributed by atoms with Crippen molar-refractivity contribution in [1.82, 2.24) is 40.4 Å². The number of nitrogens with one attached hydrogen (secondary N) is 4. The number of H-pyrrole nitrogens is 2. The molecule has 15 nitrogen and oxygen atoms in total. The molecule has 6 unspecified atom stereocenters. The Bertz CT molecular complexity index is 2150. The molecule has 4 N–H and O–H groups in total. The molecule has 8 rings (SSSR count). The van der Waals surface area contributed by atoms with Crippen molar-refractivity contribution in [3.8, 4) is 33.6 Å². The third-order valence-corrected chi connectivity index (χ3v) is 12.8. The molecule has 4 aliphatic heterocycles. The fourth-order valence-electron chi connectivity index (χ4n) is 9.17. The first-order chi connectivity index (χ1) is 29.2. The number of aromatic amines is 2. The zero-order valence-corrected chi connectivity index (χ0v) is 35.0. The van der Waals surface area contributed by atoms with Crippen LogP contribution in [0.25, 0.3) is 33.6 Å². The van der Waals surface area contributed by atoms with Crippen molar-refractivity contribution in [2.75, 3.05) is 46.6 Å². The molecule has 2 aromatic carbocycles. The topological polar surface area (TPSA) is 184 Å². The molecule has 2 aromatic heterocycles. The van der Waals surface area contributed by atoms with Gasteiger partial charge in [0.05, 0.1) is 32.4 Å². The largest absolute Gasteiger partial charge is 0.453 e. The molecular weight excluding hydrogens is 811 g/mol. The quantitative estimate of drug-likeness (QED) is 0.116. The number of carbonyl (C=O) groups is 4. The Morgan fingerprint density at radius 2 is 1.17 bits per heavy atom. The van der Waals surface area contributed by atoms with Crippen LogP contribution in [0.15, 0.2) is 48.5 Å². The van der Waals surface area contributed by atoms with Crippen molar-refractivity contribution in [3.05, 3.63) is 70.5 Å². The van der Waals surface area contributed by atoms with Gasteiger partial charge in [0.25, 0.3) is 0 Å². The Morgan fingerprint density at radius 3 is 1.60 bits per heavy atom. The third-order valence-electron chi connectivity index (χ3n) is 12.3. The Balaban J connectivity index is 0.943. The Kier molecular flexibility index (Phi) is 13.1. The average Bonchev–Trinajstić information content (AvgIpc) is 4.12. The van der Waals surface area contributed by atoms with E-state index in [2.05, 4.69) is 20.6 Å². The summed E-state index contributed by atoms with van der Waals surface area (Å²) < 4.78 is 16.1. The molecule has 4 fully saturated rings.